The summed E-state index contributed by atoms with van der Waals surface area (Å²) >= 11 is 0. The summed E-state index contributed by atoms with van der Waals surface area (Å²) in [7, 11) is -3.84. The van der Waals surface area contributed by atoms with Crippen LogP contribution in [-0.2, 0) is 10.0 Å². The number of aromatic nitrogens is 3. The Morgan fingerprint density at radius 2 is 2.17 bits per heavy atom. The van der Waals surface area contributed by atoms with E-state index in [1.165, 1.54) is 12.4 Å². The van der Waals surface area contributed by atoms with Crippen LogP contribution in [0.15, 0.2) is 23.5 Å². The van der Waals surface area contributed by atoms with Crippen molar-refractivity contribution in [3.63, 3.8) is 0 Å². The molecule has 96 valence electrons. The highest BCUT2D eigenvalue weighted by molar-refractivity contribution is 7.92. The van der Waals surface area contributed by atoms with Crippen LogP contribution < -0.4 is 4.72 Å². The zero-order chi connectivity index (χ0) is 13.3. The second kappa shape index (κ2) is 4.18. The van der Waals surface area contributed by atoms with Crippen molar-refractivity contribution in [2.75, 3.05) is 4.72 Å². The summed E-state index contributed by atoms with van der Waals surface area (Å²) in [5.41, 5.74) is 0.246. The van der Waals surface area contributed by atoms with E-state index in [1.54, 1.807) is 6.92 Å². The fraction of sp³-hybridized carbons (Fsp3) is 0.111. The summed E-state index contributed by atoms with van der Waals surface area (Å²) in [6.45, 7) is 1.54. The number of nitrogens with zero attached hydrogens (tertiary/aromatic N) is 1. The molecule has 4 N–H and O–H groups in total. The number of aryl methyl sites for hydroxylation is 1. The van der Waals surface area contributed by atoms with E-state index in [2.05, 4.69) is 19.9 Å². The third-order valence-corrected chi connectivity index (χ3v) is 3.65. The van der Waals surface area contributed by atoms with Crippen LogP contribution in [0.4, 0.5) is 5.69 Å². The Balaban J connectivity index is 2.39. The fourth-order valence-electron chi connectivity index (χ4n) is 1.47. The average molecular weight is 270 g/mol. The number of aromatic carboxylic acids is 1. The van der Waals surface area contributed by atoms with Gasteiger partial charge in [-0.3, -0.25) is 9.82 Å². The molecule has 0 aliphatic carbocycles. The number of sulfonamides is 1. The molecular formula is C9H10N4O4S. The van der Waals surface area contributed by atoms with E-state index in [4.69, 9.17) is 5.11 Å². The van der Waals surface area contributed by atoms with Crippen LogP contribution in [0.2, 0.25) is 0 Å². The Morgan fingerprint density at radius 1 is 1.44 bits per heavy atom. The van der Waals surface area contributed by atoms with Crippen molar-refractivity contribution in [1.82, 2.24) is 15.2 Å². The highest BCUT2D eigenvalue weighted by Gasteiger charge is 2.21. The maximum Gasteiger partial charge on any atom is 0.339 e. The number of nitrogens with one attached hydrogen (secondary N) is 3. The van der Waals surface area contributed by atoms with E-state index in [1.807, 2.05) is 0 Å². The molecule has 0 saturated heterocycles. The molecule has 0 amide bonds. The van der Waals surface area contributed by atoms with Gasteiger partial charge in [0, 0.05) is 18.1 Å². The van der Waals surface area contributed by atoms with E-state index >= 15 is 0 Å². The van der Waals surface area contributed by atoms with E-state index < -0.39 is 16.0 Å². The van der Waals surface area contributed by atoms with Crippen LogP contribution in [0.5, 0.6) is 0 Å². The van der Waals surface area contributed by atoms with Crippen molar-refractivity contribution >= 4 is 21.7 Å². The lowest BCUT2D eigenvalue weighted by Gasteiger charge is -2.05. The molecule has 2 rings (SSSR count). The highest BCUT2D eigenvalue weighted by Crippen LogP contribution is 2.22. The molecule has 2 heterocycles. The molecule has 18 heavy (non-hydrogen) atoms. The van der Waals surface area contributed by atoms with Crippen LogP contribution >= 0.6 is 0 Å². The first-order valence-corrected chi connectivity index (χ1v) is 6.33. The number of anilines is 1. The summed E-state index contributed by atoms with van der Waals surface area (Å²) < 4.78 is 25.9. The number of carboxylic acid groups (broad SMARTS) is 1. The van der Waals surface area contributed by atoms with Gasteiger partial charge in [-0.05, 0) is 6.92 Å². The number of carboxylic acids is 1. The van der Waals surface area contributed by atoms with Crippen LogP contribution in [0, 0.1) is 6.92 Å². The molecule has 0 fully saturated rings. The van der Waals surface area contributed by atoms with Gasteiger partial charge in [0.15, 0.2) is 0 Å². The van der Waals surface area contributed by atoms with Crippen molar-refractivity contribution in [2.24, 2.45) is 0 Å². The minimum atomic E-state index is -3.84. The number of aromatic amines is 2. The van der Waals surface area contributed by atoms with Gasteiger partial charge in [-0.15, -0.1) is 0 Å². The zero-order valence-electron chi connectivity index (χ0n) is 9.26. The third kappa shape index (κ3) is 2.07. The number of hydrogen-bond acceptors (Lipinski definition) is 4. The van der Waals surface area contributed by atoms with Crippen LogP contribution in [0.25, 0.3) is 0 Å². The molecular weight excluding hydrogens is 260 g/mol. The SMILES string of the molecule is Cc1[nH]cc(NS(=O)(=O)c2cn[nH]c2)c1C(=O)O. The Kier molecular flexibility index (Phi) is 2.83. The lowest BCUT2D eigenvalue weighted by Crippen LogP contribution is -2.14. The number of rotatable bonds is 4. The maximum atomic E-state index is 11.9. The Morgan fingerprint density at radius 3 is 2.72 bits per heavy atom. The smallest absolute Gasteiger partial charge is 0.339 e. The van der Waals surface area contributed by atoms with Gasteiger partial charge in [-0.1, -0.05) is 0 Å². The highest BCUT2D eigenvalue weighted by atomic mass is 32.2. The van der Waals surface area contributed by atoms with Crippen molar-refractivity contribution in [1.29, 1.82) is 0 Å². The van der Waals surface area contributed by atoms with Gasteiger partial charge >= 0.3 is 5.97 Å². The van der Waals surface area contributed by atoms with Gasteiger partial charge in [0.2, 0.25) is 0 Å². The quantitative estimate of drug-likeness (QED) is 0.644. The summed E-state index contributed by atoms with van der Waals surface area (Å²) in [6, 6.07) is 0. The predicted molar refractivity (Wildman–Crippen MR) is 61.9 cm³/mol. The molecule has 0 bridgehead atoms. The summed E-state index contributed by atoms with van der Waals surface area (Å²) in [5, 5.41) is 14.9. The minimum absolute atomic E-state index is 0.0128. The second-order valence-electron chi connectivity index (χ2n) is 3.55. The zero-order valence-corrected chi connectivity index (χ0v) is 10.1. The van der Waals surface area contributed by atoms with E-state index in [9.17, 15) is 13.2 Å². The Hall–Kier alpha value is -2.29. The molecule has 0 saturated carbocycles. The predicted octanol–water partition coefficient (Wildman–Crippen LogP) is 0.545. The van der Waals surface area contributed by atoms with Crippen molar-refractivity contribution in [3.05, 3.63) is 29.8 Å². The van der Waals surface area contributed by atoms with E-state index in [0.29, 0.717) is 5.69 Å². The molecule has 0 radical (unpaired) electrons. The van der Waals surface area contributed by atoms with E-state index in [0.717, 1.165) is 6.20 Å². The number of H-pyrrole nitrogens is 2. The molecule has 0 aliphatic heterocycles. The molecule has 0 aromatic carbocycles. The normalized spacial score (nSPS) is 11.4. The fourth-order valence-corrected chi connectivity index (χ4v) is 2.44. The lowest BCUT2D eigenvalue weighted by molar-refractivity contribution is 0.0697. The second-order valence-corrected chi connectivity index (χ2v) is 5.23. The van der Waals surface area contributed by atoms with Crippen molar-refractivity contribution in [2.45, 2.75) is 11.8 Å². The van der Waals surface area contributed by atoms with Crippen LogP contribution in [-0.4, -0.2) is 34.7 Å². The standard InChI is InChI=1S/C9H10N4O4S/c1-5-8(9(14)15)7(4-10-5)13-18(16,17)6-2-11-12-3-6/h2-4,10,13H,1H3,(H,11,12)(H,14,15). The Labute approximate surface area is 102 Å². The molecule has 0 atom stereocenters. The molecule has 0 spiro atoms. The summed E-state index contributed by atoms with van der Waals surface area (Å²) in [6.07, 6.45) is 3.61. The molecule has 0 unspecified atom stereocenters. The first-order chi connectivity index (χ1) is 8.42. The van der Waals surface area contributed by atoms with Gasteiger partial charge < -0.3 is 10.1 Å². The van der Waals surface area contributed by atoms with Crippen LogP contribution in [0.3, 0.4) is 0 Å². The van der Waals surface area contributed by atoms with Crippen LogP contribution in [0.1, 0.15) is 16.1 Å². The average Bonchev–Trinajstić information content (AvgIpc) is 2.87. The van der Waals surface area contributed by atoms with E-state index in [-0.39, 0.29) is 16.1 Å². The topological polar surface area (TPSA) is 128 Å². The Bertz CT molecular complexity index is 671. The first-order valence-electron chi connectivity index (χ1n) is 4.84. The maximum absolute atomic E-state index is 11.9. The summed E-state index contributed by atoms with van der Waals surface area (Å²) in [5.74, 6) is -1.21. The number of carbonyl (C=O) groups is 1. The number of hydrogen-bond donors (Lipinski definition) is 4. The van der Waals surface area contributed by atoms with Gasteiger partial charge in [-0.2, -0.15) is 5.10 Å². The molecule has 0 aliphatic rings. The van der Waals surface area contributed by atoms with Crippen molar-refractivity contribution < 1.29 is 18.3 Å². The lowest BCUT2D eigenvalue weighted by atomic mass is 10.2. The van der Waals surface area contributed by atoms with Crippen molar-refractivity contribution in [3.8, 4) is 0 Å². The summed E-state index contributed by atoms with van der Waals surface area (Å²) in [4.78, 5) is 13.6. The molecule has 8 nitrogen and oxygen atoms in total. The van der Waals surface area contributed by atoms with Gasteiger partial charge in [0.1, 0.15) is 10.5 Å². The largest absolute Gasteiger partial charge is 0.478 e. The van der Waals surface area contributed by atoms with Gasteiger partial charge in [-0.25, -0.2) is 13.2 Å². The van der Waals surface area contributed by atoms with Gasteiger partial charge in [0.25, 0.3) is 10.0 Å². The minimum Gasteiger partial charge on any atom is -0.478 e. The molecule has 2 aromatic heterocycles. The third-order valence-electron chi connectivity index (χ3n) is 2.32. The molecule has 2 aromatic rings. The monoisotopic (exact) mass is 270 g/mol. The van der Waals surface area contributed by atoms with Gasteiger partial charge in [0.05, 0.1) is 11.9 Å². The first kappa shape index (κ1) is 12.2. The molecule has 9 heteroatoms.